The molecule has 4 aliphatic rings. The van der Waals surface area contributed by atoms with Gasteiger partial charge >= 0.3 is 472 Å². The second kappa shape index (κ2) is 27.1. The van der Waals surface area contributed by atoms with Crippen molar-refractivity contribution in [1.29, 1.82) is 0 Å². The molecule has 0 aliphatic heterocycles. The molecule has 0 spiro atoms. The standard InChI is InChI=1S/2C12H10Si.4C12H11.2ClH.2Hf/c2*1-3-7-11(8-4-1)13-12-9-5-2-6-10-12;4*1-10-7-8-12(9-10)11-5-3-2-4-6-11;;;;/h2*1-10H;4*2-6,9H,8H2,1H3;2*1H;;/p-2. The summed E-state index contributed by atoms with van der Waals surface area (Å²) in [7, 11) is 0. The number of benzene rings is 8. The van der Waals surface area contributed by atoms with Crippen molar-refractivity contribution in [3.63, 3.8) is 0 Å². The molecular weight excluding hydrogens is 1350 g/mol. The van der Waals surface area contributed by atoms with Crippen LogP contribution in [0.4, 0.5) is 0 Å². The van der Waals surface area contributed by atoms with Crippen molar-refractivity contribution in [3.8, 4) is 0 Å². The fraction of sp³-hybridized carbons (Fsp3) is 0.111. The summed E-state index contributed by atoms with van der Waals surface area (Å²) >= 11 is -5.29. The number of hydrogen-bond donors (Lipinski definition) is 0. The molecule has 8 aromatic rings. The van der Waals surface area contributed by atoms with Gasteiger partial charge in [0.1, 0.15) is 0 Å². The van der Waals surface area contributed by atoms with Crippen molar-refractivity contribution < 1.29 is 64.9 Å². The zero-order valence-corrected chi connectivity index (χ0v) is 55.7. The van der Waals surface area contributed by atoms with Gasteiger partial charge in [-0.1, -0.05) is 0 Å². The molecule has 0 unspecified atom stereocenters. The molecule has 78 heavy (non-hydrogen) atoms. The zero-order chi connectivity index (χ0) is 51.8. The van der Waals surface area contributed by atoms with Crippen LogP contribution in [0.5, 0.6) is 0 Å². The van der Waals surface area contributed by atoms with Crippen LogP contribution in [0.2, 0.25) is 0 Å². The Morgan fingerprint density at radius 1 is 0.244 bits per heavy atom. The minimum atomic E-state index is -2.64. The Bertz CT molecular complexity index is 3260. The maximum absolute atomic E-state index is 2.64. The van der Waals surface area contributed by atoms with E-state index in [9.17, 15) is 0 Å². The molecule has 384 valence electrons. The van der Waals surface area contributed by atoms with Gasteiger partial charge in [-0.25, -0.2) is 0 Å². The summed E-state index contributed by atoms with van der Waals surface area (Å²) in [6, 6.07) is 90.1. The van der Waals surface area contributed by atoms with Gasteiger partial charge < -0.3 is 24.8 Å². The minimum absolute atomic E-state index is 0. The molecule has 0 amide bonds. The van der Waals surface area contributed by atoms with Crippen LogP contribution in [0.25, 0.3) is 22.3 Å². The van der Waals surface area contributed by atoms with Gasteiger partial charge in [-0.2, -0.15) is 0 Å². The number of hydrogen-bond acceptors (Lipinski definition) is 0. The Kier molecular flexibility index (Phi) is 19.8. The first-order valence-electron chi connectivity index (χ1n) is 26.9. The minimum Gasteiger partial charge on any atom is -1.00 e. The Labute approximate surface area is 492 Å². The van der Waals surface area contributed by atoms with Crippen LogP contribution < -0.4 is 45.6 Å². The van der Waals surface area contributed by atoms with Gasteiger partial charge in [0.25, 0.3) is 0 Å². The second-order valence-electron chi connectivity index (χ2n) is 20.5. The van der Waals surface area contributed by atoms with E-state index in [0.717, 1.165) is 25.7 Å². The van der Waals surface area contributed by atoms with Crippen molar-refractivity contribution in [2.75, 3.05) is 0 Å². The maximum Gasteiger partial charge on any atom is -1.00 e. The van der Waals surface area contributed by atoms with E-state index in [1.54, 1.807) is 20.7 Å². The van der Waals surface area contributed by atoms with Crippen LogP contribution >= 0.6 is 0 Å². The Hall–Kier alpha value is -5.57. The fourth-order valence-electron chi connectivity index (χ4n) is 11.7. The molecule has 0 saturated heterocycles. The van der Waals surface area contributed by atoms with Crippen LogP contribution in [0.15, 0.2) is 303 Å². The molecular formula is C72H64Cl2Hf2Si2-2. The van der Waals surface area contributed by atoms with Crippen molar-refractivity contribution >= 4 is 54.0 Å². The summed E-state index contributed by atoms with van der Waals surface area (Å²) in [5.74, 6) is 0. The Balaban J connectivity index is 0.000000185. The Morgan fingerprint density at radius 3 is 0.590 bits per heavy atom. The molecule has 0 nitrogen and oxygen atoms in total. The van der Waals surface area contributed by atoms with Gasteiger partial charge in [0, 0.05) is 0 Å². The van der Waals surface area contributed by atoms with E-state index in [1.165, 1.54) is 66.8 Å². The first-order valence-corrected chi connectivity index (χ1v) is 47.9. The van der Waals surface area contributed by atoms with E-state index in [0.29, 0.717) is 0 Å². The van der Waals surface area contributed by atoms with Gasteiger partial charge in [-0.3, -0.25) is 0 Å². The quantitative estimate of drug-likeness (QED) is 0.107. The summed E-state index contributed by atoms with van der Waals surface area (Å²) in [5, 5.41) is 6.31. The van der Waals surface area contributed by atoms with Crippen LogP contribution in [0.1, 0.15) is 75.6 Å². The number of halogens is 2. The average molecular weight is 1410 g/mol. The van der Waals surface area contributed by atoms with Crippen LogP contribution in [-0.4, -0.2) is 11.0 Å². The number of rotatable bonds is 12. The van der Waals surface area contributed by atoms with Crippen LogP contribution in [0, 0.1) is 0 Å². The first-order chi connectivity index (χ1) is 37.4. The molecule has 6 heteroatoms. The normalized spacial score (nSPS) is 14.6. The summed E-state index contributed by atoms with van der Waals surface area (Å²) in [6.07, 6.45) is 14.5. The van der Waals surface area contributed by atoms with Gasteiger partial charge in [0.05, 0.1) is 0 Å². The smallest absolute Gasteiger partial charge is 1.00 e. The summed E-state index contributed by atoms with van der Waals surface area (Å²) in [5.41, 5.74) is 15.7. The topological polar surface area (TPSA) is 0 Å². The summed E-state index contributed by atoms with van der Waals surface area (Å²) < 4.78 is 7.25. The monoisotopic (exact) mass is 1410 g/mol. The maximum atomic E-state index is 2.50. The van der Waals surface area contributed by atoms with E-state index in [-0.39, 0.29) is 24.8 Å². The molecule has 0 aromatic heterocycles. The SMILES string of the molecule is CC1=[C]([Hf]([C]2=C(C)C=C(c3ccccc3)C2)=[Si](c2ccccc2)c2ccccc2)CC(c2ccccc2)=C1.CC1=[C]([Hf]([C]2=C(C)C=C(c3ccccc3)C2)=[Si](c2ccccc2)c2ccccc2)CC(c2ccccc2)=C1.[Cl-].[Cl-]. The average Bonchev–Trinajstić information content (AvgIpc) is 4.28. The van der Waals surface area contributed by atoms with Gasteiger partial charge in [0.15, 0.2) is 0 Å². The van der Waals surface area contributed by atoms with Gasteiger partial charge in [-0.05, 0) is 0 Å². The van der Waals surface area contributed by atoms with E-state index in [2.05, 4.69) is 295 Å². The van der Waals surface area contributed by atoms with Gasteiger partial charge in [0.2, 0.25) is 0 Å². The van der Waals surface area contributed by atoms with E-state index in [4.69, 9.17) is 0 Å². The molecule has 4 aliphatic carbocycles. The third kappa shape index (κ3) is 12.9. The molecule has 0 atom stereocenters. The van der Waals surface area contributed by atoms with E-state index < -0.39 is 51.1 Å². The van der Waals surface area contributed by atoms with Crippen molar-refractivity contribution in [2.24, 2.45) is 0 Å². The molecule has 8 aromatic carbocycles. The third-order valence-electron chi connectivity index (χ3n) is 15.5. The first kappa shape index (κ1) is 57.1. The number of allylic oxidation sites excluding steroid dienone is 16. The molecule has 0 bridgehead atoms. The molecule has 0 radical (unpaired) electrons. The van der Waals surface area contributed by atoms with E-state index in [1.807, 2.05) is 13.3 Å². The third-order valence-corrected chi connectivity index (χ3v) is 70.1. The van der Waals surface area contributed by atoms with Crippen molar-refractivity contribution in [1.82, 2.24) is 0 Å². The van der Waals surface area contributed by atoms with Crippen LogP contribution in [0.3, 0.4) is 0 Å². The predicted octanol–water partition coefficient (Wildman–Crippen LogP) is 9.87. The molecule has 0 N–H and O–H groups in total. The zero-order valence-electron chi connectivity index (χ0n) is 45.0. The molecule has 0 fully saturated rings. The summed E-state index contributed by atoms with van der Waals surface area (Å²) in [4.78, 5) is 0. The second-order valence-corrected chi connectivity index (χ2v) is 57.3. The Morgan fingerprint density at radius 2 is 0.410 bits per heavy atom. The van der Waals surface area contributed by atoms with E-state index >= 15 is 0 Å². The largest absolute Gasteiger partial charge is 1.00 e. The van der Waals surface area contributed by atoms with Crippen molar-refractivity contribution in [3.05, 3.63) is 325 Å². The van der Waals surface area contributed by atoms with Gasteiger partial charge in [-0.15, -0.1) is 0 Å². The predicted molar refractivity (Wildman–Crippen MR) is 323 cm³/mol. The van der Waals surface area contributed by atoms with Crippen LogP contribution in [-0.2, 0) is 40.1 Å². The molecule has 0 saturated carbocycles. The summed E-state index contributed by atoms with van der Waals surface area (Å²) in [6.45, 7) is 9.56. The fourth-order valence-corrected chi connectivity index (χ4v) is 73.4. The molecule has 0 heterocycles. The molecule has 12 rings (SSSR count). The van der Waals surface area contributed by atoms with Crippen molar-refractivity contribution in [2.45, 2.75) is 53.4 Å².